The molecule has 0 aliphatic carbocycles. The first-order chi connectivity index (χ1) is 10.0. The van der Waals surface area contributed by atoms with Gasteiger partial charge in [0.1, 0.15) is 5.82 Å². The number of thioether (sulfide) groups is 1. The van der Waals surface area contributed by atoms with Crippen LogP contribution in [0.3, 0.4) is 0 Å². The summed E-state index contributed by atoms with van der Waals surface area (Å²) >= 11 is 1.52. The topological polar surface area (TPSA) is 43.1 Å². The van der Waals surface area contributed by atoms with E-state index in [1.54, 1.807) is 16.6 Å². The Morgan fingerprint density at radius 1 is 1.10 bits per heavy atom. The number of aromatic nitrogens is 4. The Bertz CT molecular complexity index is 796. The van der Waals surface area contributed by atoms with E-state index in [4.69, 9.17) is 0 Å². The minimum absolute atomic E-state index is 0.222. The smallest absolute Gasteiger partial charge is 0.216 e. The molecule has 0 fully saturated rings. The summed E-state index contributed by atoms with van der Waals surface area (Å²) in [5.74, 6) is 1.10. The minimum Gasteiger partial charge on any atom is -0.216 e. The molecule has 6 heteroatoms. The van der Waals surface area contributed by atoms with Gasteiger partial charge in [0.15, 0.2) is 0 Å². The molecule has 3 rings (SSSR count). The molecule has 3 aromatic rings. The quantitative estimate of drug-likeness (QED) is 0.695. The molecule has 108 valence electrons. The SMILES string of the molecule is Cc1nc2nc(SCc3ccc(F)cc3)nn2c(C)c1C. The van der Waals surface area contributed by atoms with Gasteiger partial charge in [-0.15, -0.1) is 5.10 Å². The second-order valence-corrected chi connectivity index (χ2v) is 5.87. The first-order valence-corrected chi connectivity index (χ1v) is 7.61. The van der Waals surface area contributed by atoms with Gasteiger partial charge in [-0.1, -0.05) is 23.9 Å². The maximum Gasteiger partial charge on any atom is 0.253 e. The third kappa shape index (κ3) is 2.76. The number of fused-ring (bicyclic) bond motifs is 1. The van der Waals surface area contributed by atoms with E-state index < -0.39 is 0 Å². The van der Waals surface area contributed by atoms with E-state index in [-0.39, 0.29) is 5.82 Å². The Labute approximate surface area is 126 Å². The molecule has 0 saturated carbocycles. The van der Waals surface area contributed by atoms with Crippen molar-refractivity contribution in [2.75, 3.05) is 0 Å². The summed E-state index contributed by atoms with van der Waals surface area (Å²) in [6.07, 6.45) is 0. The van der Waals surface area contributed by atoms with Crippen LogP contribution in [0.4, 0.5) is 4.39 Å². The van der Waals surface area contributed by atoms with Crippen molar-refractivity contribution in [1.29, 1.82) is 0 Å². The lowest BCUT2D eigenvalue weighted by Gasteiger charge is -2.04. The first-order valence-electron chi connectivity index (χ1n) is 6.62. The largest absolute Gasteiger partial charge is 0.253 e. The lowest BCUT2D eigenvalue weighted by Crippen LogP contribution is -2.02. The number of benzene rings is 1. The van der Waals surface area contributed by atoms with E-state index >= 15 is 0 Å². The molecule has 0 unspecified atom stereocenters. The fraction of sp³-hybridized carbons (Fsp3) is 0.267. The molecule has 2 heterocycles. The van der Waals surface area contributed by atoms with Crippen molar-refractivity contribution in [3.63, 3.8) is 0 Å². The molecule has 0 radical (unpaired) electrons. The molecule has 0 amide bonds. The van der Waals surface area contributed by atoms with Gasteiger partial charge >= 0.3 is 0 Å². The molecule has 0 bridgehead atoms. The lowest BCUT2D eigenvalue weighted by molar-refractivity contribution is 0.627. The predicted octanol–water partition coefficient (Wildman–Crippen LogP) is 3.48. The highest BCUT2D eigenvalue weighted by molar-refractivity contribution is 7.98. The molecule has 21 heavy (non-hydrogen) atoms. The molecular formula is C15H15FN4S. The fourth-order valence-electron chi connectivity index (χ4n) is 2.03. The summed E-state index contributed by atoms with van der Waals surface area (Å²) in [5.41, 5.74) is 4.20. The fourth-order valence-corrected chi connectivity index (χ4v) is 2.80. The summed E-state index contributed by atoms with van der Waals surface area (Å²) in [4.78, 5) is 8.89. The summed E-state index contributed by atoms with van der Waals surface area (Å²) in [7, 11) is 0. The summed E-state index contributed by atoms with van der Waals surface area (Å²) in [6.45, 7) is 6.02. The van der Waals surface area contributed by atoms with Gasteiger partial charge in [0.05, 0.1) is 0 Å². The lowest BCUT2D eigenvalue weighted by atomic mass is 10.2. The molecule has 0 aliphatic heterocycles. The molecule has 0 aliphatic rings. The monoisotopic (exact) mass is 302 g/mol. The zero-order valence-electron chi connectivity index (χ0n) is 12.1. The van der Waals surface area contributed by atoms with Gasteiger partial charge in [-0.2, -0.15) is 4.98 Å². The Hall–Kier alpha value is -1.95. The van der Waals surface area contributed by atoms with Crippen LogP contribution < -0.4 is 0 Å². The number of hydrogen-bond acceptors (Lipinski definition) is 4. The molecule has 0 spiro atoms. The average molecular weight is 302 g/mol. The van der Waals surface area contributed by atoms with Gasteiger partial charge in [0.2, 0.25) is 5.16 Å². The zero-order valence-corrected chi connectivity index (χ0v) is 12.9. The van der Waals surface area contributed by atoms with Crippen molar-refractivity contribution in [3.05, 3.63) is 52.6 Å². The van der Waals surface area contributed by atoms with E-state index in [1.165, 1.54) is 23.9 Å². The summed E-state index contributed by atoms with van der Waals surface area (Å²) < 4.78 is 14.6. The van der Waals surface area contributed by atoms with Gasteiger partial charge in [0, 0.05) is 17.1 Å². The van der Waals surface area contributed by atoms with Crippen molar-refractivity contribution >= 4 is 17.5 Å². The average Bonchev–Trinajstić information content (AvgIpc) is 2.87. The third-order valence-electron chi connectivity index (χ3n) is 3.52. The van der Waals surface area contributed by atoms with Crippen LogP contribution in [0.5, 0.6) is 0 Å². The summed E-state index contributed by atoms with van der Waals surface area (Å²) in [6, 6.07) is 6.47. The maximum absolute atomic E-state index is 12.9. The van der Waals surface area contributed by atoms with Crippen molar-refractivity contribution < 1.29 is 4.39 Å². The molecule has 0 atom stereocenters. The molecular weight excluding hydrogens is 287 g/mol. The molecule has 1 aromatic carbocycles. The molecule has 4 nitrogen and oxygen atoms in total. The van der Waals surface area contributed by atoms with Gasteiger partial charge in [-0.25, -0.2) is 13.9 Å². The highest BCUT2D eigenvalue weighted by Gasteiger charge is 2.11. The number of hydrogen-bond donors (Lipinski definition) is 0. The van der Waals surface area contributed by atoms with Crippen LogP contribution in [-0.4, -0.2) is 19.6 Å². The van der Waals surface area contributed by atoms with Crippen molar-refractivity contribution in [1.82, 2.24) is 19.6 Å². The van der Waals surface area contributed by atoms with Gasteiger partial charge in [0.25, 0.3) is 5.78 Å². The second-order valence-electron chi connectivity index (χ2n) is 4.93. The molecule has 2 aromatic heterocycles. The number of nitrogens with zero attached hydrogens (tertiary/aromatic N) is 4. The standard InChI is InChI=1S/C15H15FN4S/c1-9-10(2)17-14-18-15(19-20(14)11(9)3)21-8-12-4-6-13(16)7-5-12/h4-7H,8H2,1-3H3. The van der Waals surface area contributed by atoms with Crippen LogP contribution in [0.2, 0.25) is 0 Å². The predicted molar refractivity (Wildman–Crippen MR) is 81.0 cm³/mol. The van der Waals surface area contributed by atoms with E-state index in [9.17, 15) is 4.39 Å². The van der Waals surface area contributed by atoms with Gasteiger partial charge in [-0.3, -0.25) is 0 Å². The van der Waals surface area contributed by atoms with Crippen LogP contribution in [0.25, 0.3) is 5.78 Å². The van der Waals surface area contributed by atoms with Crippen LogP contribution in [0.1, 0.15) is 22.5 Å². The van der Waals surface area contributed by atoms with E-state index in [0.717, 1.165) is 22.5 Å². The third-order valence-corrected chi connectivity index (χ3v) is 4.43. The molecule has 0 N–H and O–H groups in total. The van der Waals surface area contributed by atoms with E-state index in [1.807, 2.05) is 20.8 Å². The maximum atomic E-state index is 12.9. The zero-order chi connectivity index (χ0) is 15.0. The Morgan fingerprint density at radius 3 is 2.52 bits per heavy atom. The van der Waals surface area contributed by atoms with Crippen LogP contribution in [-0.2, 0) is 5.75 Å². The number of halogens is 1. The van der Waals surface area contributed by atoms with Crippen molar-refractivity contribution in [3.8, 4) is 0 Å². The van der Waals surface area contributed by atoms with Gasteiger partial charge < -0.3 is 0 Å². The highest BCUT2D eigenvalue weighted by Crippen LogP contribution is 2.21. The van der Waals surface area contributed by atoms with Crippen molar-refractivity contribution in [2.45, 2.75) is 31.7 Å². The van der Waals surface area contributed by atoms with Crippen molar-refractivity contribution in [2.24, 2.45) is 0 Å². The Balaban J connectivity index is 1.85. The van der Waals surface area contributed by atoms with Crippen LogP contribution in [0, 0.1) is 26.6 Å². The normalized spacial score (nSPS) is 11.2. The van der Waals surface area contributed by atoms with E-state index in [2.05, 4.69) is 15.1 Å². The Morgan fingerprint density at radius 2 is 1.81 bits per heavy atom. The van der Waals surface area contributed by atoms with Crippen LogP contribution >= 0.6 is 11.8 Å². The van der Waals surface area contributed by atoms with E-state index in [0.29, 0.717) is 16.7 Å². The Kier molecular flexibility index (Phi) is 3.63. The van der Waals surface area contributed by atoms with Gasteiger partial charge in [-0.05, 0) is 44.0 Å². The second kappa shape index (κ2) is 5.44. The molecule has 0 saturated heterocycles. The summed E-state index contributed by atoms with van der Waals surface area (Å²) in [5, 5.41) is 5.16. The number of aryl methyl sites for hydroxylation is 2. The number of rotatable bonds is 3. The minimum atomic E-state index is -0.222. The highest BCUT2D eigenvalue weighted by atomic mass is 32.2. The van der Waals surface area contributed by atoms with Crippen LogP contribution in [0.15, 0.2) is 29.4 Å². The first kappa shape index (κ1) is 14.0.